The van der Waals surface area contributed by atoms with Crippen molar-refractivity contribution in [1.82, 2.24) is 14.9 Å². The third-order valence-corrected chi connectivity index (χ3v) is 5.80. The van der Waals surface area contributed by atoms with Gasteiger partial charge in [-0.25, -0.2) is 13.1 Å². The molecule has 5 nitrogen and oxygen atoms in total. The van der Waals surface area contributed by atoms with Crippen molar-refractivity contribution in [3.05, 3.63) is 27.7 Å². The first-order chi connectivity index (χ1) is 9.49. The Balaban J connectivity index is 0.00000220. The zero-order chi connectivity index (χ0) is 14.6. The molecule has 0 atom stereocenters. The van der Waals surface area contributed by atoms with Crippen LogP contribution in [0, 0.1) is 0 Å². The summed E-state index contributed by atoms with van der Waals surface area (Å²) in [4.78, 5) is 2.45. The van der Waals surface area contributed by atoms with E-state index in [-0.39, 0.29) is 29.7 Å². The summed E-state index contributed by atoms with van der Waals surface area (Å²) in [7, 11) is -3.48. The summed E-state index contributed by atoms with van der Waals surface area (Å²) >= 11 is 9.09. The summed E-state index contributed by atoms with van der Waals surface area (Å²) in [5, 5.41) is 3.75. The number of sulfonamides is 1. The van der Waals surface area contributed by atoms with Crippen LogP contribution in [0.3, 0.4) is 0 Å². The molecule has 0 aromatic heterocycles. The van der Waals surface area contributed by atoms with E-state index in [1.54, 1.807) is 6.07 Å². The zero-order valence-electron chi connectivity index (χ0n) is 11.7. The van der Waals surface area contributed by atoms with Crippen LogP contribution in [0.25, 0.3) is 0 Å². The van der Waals surface area contributed by atoms with E-state index in [1.807, 2.05) is 0 Å². The molecule has 1 aromatic carbocycles. The van der Waals surface area contributed by atoms with Crippen LogP contribution in [-0.2, 0) is 10.0 Å². The highest BCUT2D eigenvalue weighted by Gasteiger charge is 2.16. The van der Waals surface area contributed by atoms with Crippen LogP contribution in [0.5, 0.6) is 0 Å². The maximum atomic E-state index is 12.1. The molecule has 1 aromatic rings. The summed E-state index contributed by atoms with van der Waals surface area (Å²) in [6.07, 6.45) is 0. The molecule has 0 radical (unpaired) electrons. The summed E-state index contributed by atoms with van der Waals surface area (Å²) in [6.45, 7) is 4.94. The number of nitrogens with one attached hydrogen (secondary N) is 2. The minimum atomic E-state index is -3.48. The molecule has 1 aliphatic heterocycles. The van der Waals surface area contributed by atoms with E-state index >= 15 is 0 Å². The van der Waals surface area contributed by atoms with Gasteiger partial charge in [-0.1, -0.05) is 11.6 Å². The largest absolute Gasteiger partial charge is 0.314 e. The summed E-state index contributed by atoms with van der Waals surface area (Å²) in [5.74, 6) is 0. The Bertz CT molecular complexity index is 569. The van der Waals surface area contributed by atoms with Gasteiger partial charge in [-0.05, 0) is 34.1 Å². The number of halogens is 4. The Kier molecular flexibility index (Phi) is 10.5. The molecule has 0 bridgehead atoms. The summed E-state index contributed by atoms with van der Waals surface area (Å²) < 4.78 is 27.5. The molecule has 1 heterocycles. The molecule has 1 aliphatic rings. The van der Waals surface area contributed by atoms with Crippen LogP contribution in [0.1, 0.15) is 0 Å². The van der Waals surface area contributed by atoms with E-state index < -0.39 is 10.0 Å². The normalized spacial score (nSPS) is 15.7. The van der Waals surface area contributed by atoms with Crippen LogP contribution < -0.4 is 10.0 Å². The van der Waals surface area contributed by atoms with Gasteiger partial charge >= 0.3 is 0 Å². The average molecular weight is 456 g/mol. The lowest BCUT2D eigenvalue weighted by molar-refractivity contribution is 0.245. The highest BCUT2D eigenvalue weighted by Crippen LogP contribution is 2.25. The molecule has 2 N–H and O–H groups in total. The monoisotopic (exact) mass is 453 g/mol. The van der Waals surface area contributed by atoms with E-state index in [9.17, 15) is 8.42 Å². The van der Waals surface area contributed by atoms with Crippen LogP contribution in [-0.4, -0.2) is 52.6 Å². The number of hydrogen-bond donors (Lipinski definition) is 2. The Morgan fingerprint density at radius 3 is 2.50 bits per heavy atom. The van der Waals surface area contributed by atoms with Gasteiger partial charge in [0.15, 0.2) is 0 Å². The second-order valence-electron chi connectivity index (χ2n) is 4.57. The van der Waals surface area contributed by atoms with Crippen LogP contribution in [0.15, 0.2) is 27.6 Å². The fourth-order valence-electron chi connectivity index (χ4n) is 2.00. The molecule has 0 saturated carbocycles. The second-order valence-corrected chi connectivity index (χ2v) is 7.59. The van der Waals surface area contributed by atoms with Crippen molar-refractivity contribution in [1.29, 1.82) is 0 Å². The first kappa shape index (κ1) is 22.4. The zero-order valence-corrected chi connectivity index (χ0v) is 16.5. The predicted molar refractivity (Wildman–Crippen MR) is 98.1 cm³/mol. The van der Waals surface area contributed by atoms with E-state index in [1.165, 1.54) is 12.1 Å². The molecule has 0 unspecified atom stereocenters. The number of nitrogens with zero attached hydrogens (tertiary/aromatic N) is 1. The second kappa shape index (κ2) is 10.3. The van der Waals surface area contributed by atoms with Gasteiger partial charge in [-0.3, -0.25) is 4.90 Å². The van der Waals surface area contributed by atoms with E-state index in [0.29, 0.717) is 16.0 Å². The van der Waals surface area contributed by atoms with Crippen molar-refractivity contribution in [2.24, 2.45) is 0 Å². The van der Waals surface area contributed by atoms with Crippen molar-refractivity contribution < 1.29 is 8.42 Å². The lowest BCUT2D eigenvalue weighted by Crippen LogP contribution is -2.46. The maximum Gasteiger partial charge on any atom is 0.240 e. The quantitative estimate of drug-likeness (QED) is 0.714. The first-order valence-electron chi connectivity index (χ1n) is 6.37. The maximum absolute atomic E-state index is 12.1. The van der Waals surface area contributed by atoms with Gasteiger partial charge < -0.3 is 5.32 Å². The highest BCUT2D eigenvalue weighted by molar-refractivity contribution is 9.10. The van der Waals surface area contributed by atoms with Gasteiger partial charge in [0.25, 0.3) is 0 Å². The topological polar surface area (TPSA) is 61.4 Å². The van der Waals surface area contributed by atoms with Crippen molar-refractivity contribution in [3.8, 4) is 0 Å². The Morgan fingerprint density at radius 2 is 1.91 bits per heavy atom. The molecule has 1 fully saturated rings. The molecule has 0 spiro atoms. The summed E-state index contributed by atoms with van der Waals surface area (Å²) in [5.41, 5.74) is 0. The fraction of sp³-hybridized carbons (Fsp3) is 0.500. The standard InChI is InChI=1S/C12H17BrClN3O2S.2ClH/c13-11-9-10(1-2-12(11)14)20(18,19)16-5-8-17-6-3-15-4-7-17;;/h1-2,9,15-16H,3-8H2;2*1H. The molecule has 0 amide bonds. The number of piperazine rings is 1. The van der Waals surface area contributed by atoms with Crippen LogP contribution in [0.2, 0.25) is 5.02 Å². The third-order valence-electron chi connectivity index (χ3n) is 3.13. The molecule has 10 heteroatoms. The minimum Gasteiger partial charge on any atom is -0.314 e. The molecule has 0 aliphatic carbocycles. The Morgan fingerprint density at radius 1 is 1.27 bits per heavy atom. The molecule has 1 saturated heterocycles. The Labute approximate surface area is 157 Å². The van der Waals surface area contributed by atoms with Crippen molar-refractivity contribution in [3.63, 3.8) is 0 Å². The highest BCUT2D eigenvalue weighted by atomic mass is 79.9. The lowest BCUT2D eigenvalue weighted by atomic mass is 10.3. The summed E-state index contributed by atoms with van der Waals surface area (Å²) in [6, 6.07) is 4.58. The van der Waals surface area contributed by atoms with E-state index in [4.69, 9.17) is 11.6 Å². The van der Waals surface area contributed by atoms with Gasteiger partial charge in [0.1, 0.15) is 0 Å². The van der Waals surface area contributed by atoms with Gasteiger partial charge in [0.05, 0.1) is 9.92 Å². The van der Waals surface area contributed by atoms with E-state index in [0.717, 1.165) is 32.7 Å². The number of benzene rings is 1. The predicted octanol–water partition coefficient (Wildman–Crippen LogP) is 2.13. The Hall–Kier alpha value is 0.400. The van der Waals surface area contributed by atoms with Gasteiger partial charge in [-0.2, -0.15) is 0 Å². The number of hydrogen-bond acceptors (Lipinski definition) is 4. The number of rotatable bonds is 5. The fourth-order valence-corrected chi connectivity index (χ4v) is 3.69. The third kappa shape index (κ3) is 6.49. The van der Waals surface area contributed by atoms with Crippen molar-refractivity contribution in [2.75, 3.05) is 39.3 Å². The van der Waals surface area contributed by atoms with Crippen molar-refractivity contribution in [2.45, 2.75) is 4.90 Å². The SMILES string of the molecule is Cl.Cl.O=S(=O)(NCCN1CCNCC1)c1ccc(Cl)c(Br)c1. The van der Waals surface area contributed by atoms with Crippen LogP contribution in [0.4, 0.5) is 0 Å². The minimum absolute atomic E-state index is 0. The van der Waals surface area contributed by atoms with Gasteiger partial charge in [0.2, 0.25) is 10.0 Å². The van der Waals surface area contributed by atoms with Crippen molar-refractivity contribution >= 4 is 62.4 Å². The average Bonchev–Trinajstić information content (AvgIpc) is 2.43. The van der Waals surface area contributed by atoms with E-state index in [2.05, 4.69) is 30.9 Å². The molecule has 128 valence electrons. The molecule has 2 rings (SSSR count). The van der Waals surface area contributed by atoms with Gasteiger partial charge in [0, 0.05) is 43.7 Å². The van der Waals surface area contributed by atoms with Gasteiger partial charge in [-0.15, -0.1) is 24.8 Å². The lowest BCUT2D eigenvalue weighted by Gasteiger charge is -2.27. The molecule has 22 heavy (non-hydrogen) atoms. The van der Waals surface area contributed by atoms with Crippen LogP contribution >= 0.6 is 52.3 Å². The first-order valence-corrected chi connectivity index (χ1v) is 9.02. The molecular weight excluding hydrogens is 436 g/mol. The smallest absolute Gasteiger partial charge is 0.240 e. The molecular formula is C12H19BrCl3N3O2S.